The maximum atomic E-state index is 5.49. The number of aromatic nitrogens is 4. The van der Waals surface area contributed by atoms with Crippen LogP contribution in [0, 0.1) is 0 Å². The highest BCUT2D eigenvalue weighted by Crippen LogP contribution is 2.45. The van der Waals surface area contributed by atoms with Crippen LogP contribution in [0.4, 0.5) is 0 Å². The first-order valence-corrected chi connectivity index (χ1v) is 20.6. The Morgan fingerprint density at radius 1 is 0.311 bits per heavy atom. The van der Waals surface area contributed by atoms with Crippen molar-refractivity contribution in [3.8, 4) is 84.2 Å². The Hall–Kier alpha value is -8.21. The van der Waals surface area contributed by atoms with E-state index >= 15 is 0 Å². The number of hydrogen-bond donors (Lipinski definition) is 0. The van der Waals surface area contributed by atoms with Crippen LogP contribution in [0.3, 0.4) is 0 Å². The van der Waals surface area contributed by atoms with E-state index in [0.29, 0.717) is 5.82 Å². The van der Waals surface area contributed by atoms with Crippen LogP contribution < -0.4 is 0 Å². The molecule has 2 aromatic heterocycles. The molecule has 2 heterocycles. The van der Waals surface area contributed by atoms with E-state index in [9.17, 15) is 0 Å². The zero-order chi connectivity index (χ0) is 40.5. The lowest BCUT2D eigenvalue weighted by Gasteiger charge is -2.16. The van der Waals surface area contributed by atoms with Crippen molar-refractivity contribution in [2.75, 3.05) is 0 Å². The second-order valence-corrected chi connectivity index (χ2v) is 15.2. The van der Waals surface area contributed by atoms with Gasteiger partial charge in [-0.25, -0.2) is 14.6 Å². The van der Waals surface area contributed by atoms with Crippen LogP contribution in [0.5, 0.6) is 0 Å². The van der Waals surface area contributed by atoms with Gasteiger partial charge in [0.15, 0.2) is 5.82 Å². The maximum absolute atomic E-state index is 5.49. The molecule has 0 amide bonds. The minimum absolute atomic E-state index is 0.658. The van der Waals surface area contributed by atoms with Gasteiger partial charge in [0.2, 0.25) is 0 Å². The van der Waals surface area contributed by atoms with E-state index in [-0.39, 0.29) is 0 Å². The molecule has 0 bridgehead atoms. The monoisotopic (exact) mass is 778 g/mol. The van der Waals surface area contributed by atoms with Crippen molar-refractivity contribution in [1.82, 2.24) is 19.7 Å². The SMILES string of the molecule is c1ccc(-c2cccc(-c3cc(-c4cccc5cc(-c6ccccc6)c6c(-c7ccccc7)nn(-c7ccccc7)c6c45)nc(-c4cccc(-c5ccccc5)c4)n3)c2)cc1. The van der Waals surface area contributed by atoms with Crippen molar-refractivity contribution in [2.24, 2.45) is 0 Å². The Labute approximate surface area is 354 Å². The lowest BCUT2D eigenvalue weighted by atomic mass is 9.91. The summed E-state index contributed by atoms with van der Waals surface area (Å²) in [6.07, 6.45) is 0. The number of nitrogens with zero attached hydrogens (tertiary/aromatic N) is 4. The molecule has 0 aliphatic rings. The van der Waals surface area contributed by atoms with E-state index in [4.69, 9.17) is 15.1 Å². The first-order chi connectivity index (χ1) is 30.2. The van der Waals surface area contributed by atoms with E-state index in [2.05, 4.69) is 229 Å². The smallest absolute Gasteiger partial charge is 0.160 e. The van der Waals surface area contributed by atoms with Crippen LogP contribution in [0.2, 0.25) is 0 Å². The van der Waals surface area contributed by atoms with Gasteiger partial charge in [0.05, 0.1) is 22.6 Å². The molecule has 0 N–H and O–H groups in total. The molecule has 0 saturated heterocycles. The minimum atomic E-state index is 0.658. The van der Waals surface area contributed by atoms with Crippen LogP contribution in [0.1, 0.15) is 0 Å². The van der Waals surface area contributed by atoms with Gasteiger partial charge in [-0.05, 0) is 75.2 Å². The third-order valence-electron chi connectivity index (χ3n) is 11.4. The van der Waals surface area contributed by atoms with Crippen LogP contribution in [-0.4, -0.2) is 19.7 Å². The second-order valence-electron chi connectivity index (χ2n) is 15.2. The molecule has 286 valence electrons. The first kappa shape index (κ1) is 35.9. The van der Waals surface area contributed by atoms with Crippen molar-refractivity contribution in [3.05, 3.63) is 231 Å². The van der Waals surface area contributed by atoms with Crippen molar-refractivity contribution in [3.63, 3.8) is 0 Å². The summed E-state index contributed by atoms with van der Waals surface area (Å²) in [5, 5.41) is 8.75. The van der Waals surface area contributed by atoms with Gasteiger partial charge < -0.3 is 0 Å². The first-order valence-electron chi connectivity index (χ1n) is 20.6. The predicted octanol–water partition coefficient (Wildman–Crippen LogP) is 14.6. The fraction of sp³-hybridized carbons (Fsp3) is 0. The van der Waals surface area contributed by atoms with E-state index in [1.165, 1.54) is 0 Å². The number of benzene rings is 9. The summed E-state index contributed by atoms with van der Waals surface area (Å²) < 4.78 is 2.13. The maximum Gasteiger partial charge on any atom is 0.160 e. The molecule has 0 saturated carbocycles. The third kappa shape index (κ3) is 6.76. The van der Waals surface area contributed by atoms with Gasteiger partial charge in [-0.2, -0.15) is 5.10 Å². The van der Waals surface area contributed by atoms with Crippen LogP contribution in [-0.2, 0) is 0 Å². The molecule has 0 radical (unpaired) electrons. The molecule has 4 heteroatoms. The Balaban J connectivity index is 1.22. The zero-order valence-electron chi connectivity index (χ0n) is 33.2. The van der Waals surface area contributed by atoms with Crippen LogP contribution in [0.15, 0.2) is 231 Å². The molecule has 0 atom stereocenters. The summed E-state index contributed by atoms with van der Waals surface area (Å²) in [5.41, 5.74) is 15.4. The van der Waals surface area contributed by atoms with E-state index in [1.807, 2.05) is 6.07 Å². The number of hydrogen-bond acceptors (Lipinski definition) is 3. The molecule has 9 aromatic carbocycles. The lowest BCUT2D eigenvalue weighted by molar-refractivity contribution is 0.918. The quantitative estimate of drug-likeness (QED) is 0.154. The standard InChI is InChI=1S/C57H38N4/c1-6-19-39(20-7-1)43-27-16-29-45(35-43)51-38-52(59-57(58-51)47-31-17-28-44(36-47)40-21-8-2-9-22-40)49-34-18-30-46-37-50(41-23-10-3-11-24-41)54-55(42-25-12-4-13-26-42)60-61(56(54)53(46)49)48-32-14-5-15-33-48/h1-38H. The summed E-state index contributed by atoms with van der Waals surface area (Å²) in [4.78, 5) is 10.8. The van der Waals surface area contributed by atoms with Gasteiger partial charge >= 0.3 is 0 Å². The topological polar surface area (TPSA) is 43.6 Å². The van der Waals surface area contributed by atoms with Gasteiger partial charge in [-0.3, -0.25) is 0 Å². The van der Waals surface area contributed by atoms with Crippen molar-refractivity contribution >= 4 is 21.7 Å². The van der Waals surface area contributed by atoms with E-state index in [0.717, 1.165) is 100 Å². The van der Waals surface area contributed by atoms with Crippen molar-refractivity contribution in [1.29, 1.82) is 0 Å². The molecule has 11 rings (SSSR count). The number of rotatable bonds is 8. The van der Waals surface area contributed by atoms with Crippen molar-refractivity contribution < 1.29 is 0 Å². The summed E-state index contributed by atoms with van der Waals surface area (Å²) in [6, 6.07) is 80.9. The van der Waals surface area contributed by atoms with E-state index < -0.39 is 0 Å². The molecule has 4 nitrogen and oxygen atoms in total. The molecule has 0 spiro atoms. The Bertz CT molecular complexity index is 3220. The van der Waals surface area contributed by atoms with Crippen LogP contribution in [0.25, 0.3) is 106 Å². The van der Waals surface area contributed by atoms with Gasteiger partial charge in [0, 0.05) is 33.0 Å². The zero-order valence-corrected chi connectivity index (χ0v) is 33.2. The second kappa shape index (κ2) is 15.5. The summed E-state index contributed by atoms with van der Waals surface area (Å²) >= 11 is 0. The molecule has 0 fully saturated rings. The highest BCUT2D eigenvalue weighted by Gasteiger charge is 2.24. The molecule has 11 aromatic rings. The Kier molecular flexibility index (Phi) is 9.14. The minimum Gasteiger partial charge on any atom is -0.232 e. The predicted molar refractivity (Wildman–Crippen MR) is 252 cm³/mol. The van der Waals surface area contributed by atoms with Gasteiger partial charge in [-0.1, -0.05) is 194 Å². The summed E-state index contributed by atoms with van der Waals surface area (Å²) in [5.74, 6) is 0.658. The van der Waals surface area contributed by atoms with Crippen LogP contribution >= 0.6 is 0 Å². The molecule has 0 aliphatic carbocycles. The van der Waals surface area contributed by atoms with Gasteiger partial charge in [-0.15, -0.1) is 0 Å². The molecule has 0 unspecified atom stereocenters. The number of para-hydroxylation sites is 1. The molecular formula is C57H38N4. The van der Waals surface area contributed by atoms with Gasteiger partial charge in [0.1, 0.15) is 5.69 Å². The normalized spacial score (nSPS) is 11.3. The lowest BCUT2D eigenvalue weighted by Crippen LogP contribution is -1.99. The Morgan fingerprint density at radius 2 is 0.803 bits per heavy atom. The third-order valence-corrected chi connectivity index (χ3v) is 11.4. The molecular weight excluding hydrogens is 741 g/mol. The fourth-order valence-corrected chi connectivity index (χ4v) is 8.52. The van der Waals surface area contributed by atoms with E-state index in [1.54, 1.807) is 0 Å². The highest BCUT2D eigenvalue weighted by molar-refractivity contribution is 6.21. The average Bonchev–Trinajstić information content (AvgIpc) is 3.76. The summed E-state index contributed by atoms with van der Waals surface area (Å²) in [6.45, 7) is 0. The number of fused-ring (bicyclic) bond motifs is 3. The van der Waals surface area contributed by atoms with Gasteiger partial charge in [0.25, 0.3) is 0 Å². The molecule has 0 aliphatic heterocycles. The molecule has 61 heavy (non-hydrogen) atoms. The highest BCUT2D eigenvalue weighted by atomic mass is 15.3. The fourth-order valence-electron chi connectivity index (χ4n) is 8.52. The Morgan fingerprint density at radius 3 is 1.44 bits per heavy atom. The largest absolute Gasteiger partial charge is 0.232 e. The summed E-state index contributed by atoms with van der Waals surface area (Å²) in [7, 11) is 0. The van der Waals surface area contributed by atoms with Crippen molar-refractivity contribution in [2.45, 2.75) is 0 Å². The average molecular weight is 779 g/mol.